The molecule has 0 heterocycles. The normalized spacial score (nSPS) is 13.2. The van der Waals surface area contributed by atoms with E-state index in [9.17, 15) is 30.4 Å². The van der Waals surface area contributed by atoms with Crippen molar-refractivity contribution >= 4 is 15.7 Å². The summed E-state index contributed by atoms with van der Waals surface area (Å²) in [6.45, 7) is -2.01. The Morgan fingerprint density at radius 3 is 2.29 bits per heavy atom. The molecule has 0 saturated heterocycles. The van der Waals surface area contributed by atoms with E-state index in [0.29, 0.717) is 0 Å². The minimum Gasteiger partial charge on any atom is -0.485 e. The van der Waals surface area contributed by atoms with Crippen LogP contribution in [0, 0.1) is 0 Å². The smallest absolute Gasteiger partial charge is 0.456 e. The standard InChI is InChI=1S/C10H11F5N2O3S/c1-17-21(18,19)6-2-3-7(16)8(4-6)20-5-9(11,12)10(13,14)15/h2-4,17H,5,16H2,1H3. The van der Waals surface area contributed by atoms with Gasteiger partial charge in [-0.05, 0) is 19.2 Å². The lowest BCUT2D eigenvalue weighted by Gasteiger charge is -2.20. The van der Waals surface area contributed by atoms with Crippen LogP contribution in [0.5, 0.6) is 5.75 Å². The van der Waals surface area contributed by atoms with Crippen LogP contribution in [0.25, 0.3) is 0 Å². The summed E-state index contributed by atoms with van der Waals surface area (Å²) in [6.07, 6.45) is -5.78. The zero-order valence-corrected chi connectivity index (χ0v) is 11.4. The molecule has 21 heavy (non-hydrogen) atoms. The lowest BCUT2D eigenvalue weighted by Crippen LogP contribution is -2.41. The monoisotopic (exact) mass is 334 g/mol. The van der Waals surface area contributed by atoms with Crippen LogP contribution in [0.4, 0.5) is 27.6 Å². The lowest BCUT2D eigenvalue weighted by molar-refractivity contribution is -0.289. The first-order valence-electron chi connectivity index (χ1n) is 5.31. The third kappa shape index (κ3) is 3.94. The number of sulfonamides is 1. The lowest BCUT2D eigenvalue weighted by atomic mass is 10.3. The molecular weight excluding hydrogens is 323 g/mol. The van der Waals surface area contributed by atoms with E-state index in [2.05, 4.69) is 4.74 Å². The fourth-order valence-corrected chi connectivity index (χ4v) is 1.92. The zero-order chi connectivity index (χ0) is 16.5. The Morgan fingerprint density at radius 1 is 1.24 bits per heavy atom. The van der Waals surface area contributed by atoms with Crippen LogP contribution in [0.2, 0.25) is 0 Å². The first-order chi connectivity index (χ1) is 9.40. The highest BCUT2D eigenvalue weighted by Gasteiger charge is 2.58. The number of ether oxygens (including phenoxy) is 1. The number of anilines is 1. The first kappa shape index (κ1) is 17.4. The molecule has 0 fully saturated rings. The number of halogens is 5. The summed E-state index contributed by atoms with van der Waals surface area (Å²) >= 11 is 0. The number of hydrogen-bond donors (Lipinski definition) is 2. The molecule has 1 rings (SSSR count). The Hall–Kier alpha value is -1.62. The van der Waals surface area contributed by atoms with E-state index in [1.165, 1.54) is 0 Å². The third-order valence-electron chi connectivity index (χ3n) is 2.39. The Balaban J connectivity index is 3.03. The fourth-order valence-electron chi connectivity index (χ4n) is 1.17. The molecular formula is C10H11F5N2O3S. The molecule has 0 amide bonds. The van der Waals surface area contributed by atoms with Crippen molar-refractivity contribution in [1.29, 1.82) is 0 Å². The van der Waals surface area contributed by atoms with Crippen LogP contribution >= 0.6 is 0 Å². The number of benzene rings is 1. The Kier molecular flexibility index (Phi) is 4.68. The number of nitrogens with one attached hydrogen (secondary N) is 1. The van der Waals surface area contributed by atoms with Gasteiger partial charge in [0.15, 0.2) is 6.61 Å². The molecule has 0 spiro atoms. The molecule has 0 radical (unpaired) electrons. The predicted octanol–water partition coefficient (Wildman–Crippen LogP) is 1.75. The van der Waals surface area contributed by atoms with Gasteiger partial charge in [-0.15, -0.1) is 0 Å². The van der Waals surface area contributed by atoms with Crippen molar-refractivity contribution in [2.75, 3.05) is 19.4 Å². The molecule has 120 valence electrons. The number of nitrogen functional groups attached to an aromatic ring is 1. The van der Waals surface area contributed by atoms with Crippen LogP contribution in [-0.2, 0) is 10.0 Å². The Labute approximate surface area is 116 Å². The summed E-state index contributed by atoms with van der Waals surface area (Å²) in [5, 5.41) is 0. The van der Waals surface area contributed by atoms with Gasteiger partial charge >= 0.3 is 12.1 Å². The quantitative estimate of drug-likeness (QED) is 0.635. The maximum absolute atomic E-state index is 12.7. The number of rotatable bonds is 5. The second kappa shape index (κ2) is 5.64. The minimum absolute atomic E-state index is 0.275. The summed E-state index contributed by atoms with van der Waals surface area (Å²) in [5.41, 5.74) is 5.07. The van der Waals surface area contributed by atoms with Crippen molar-refractivity contribution in [2.45, 2.75) is 17.0 Å². The SMILES string of the molecule is CNS(=O)(=O)c1ccc(N)c(OCC(F)(F)C(F)(F)F)c1. The van der Waals surface area contributed by atoms with Crippen molar-refractivity contribution in [3.8, 4) is 5.75 Å². The van der Waals surface area contributed by atoms with Crippen LogP contribution in [0.3, 0.4) is 0 Å². The minimum atomic E-state index is -5.78. The van der Waals surface area contributed by atoms with Gasteiger partial charge in [-0.2, -0.15) is 22.0 Å². The van der Waals surface area contributed by atoms with E-state index in [-0.39, 0.29) is 10.6 Å². The van der Waals surface area contributed by atoms with E-state index in [1.807, 2.05) is 4.72 Å². The summed E-state index contributed by atoms with van der Waals surface area (Å²) < 4.78 is 90.7. The van der Waals surface area contributed by atoms with E-state index in [1.54, 1.807) is 0 Å². The van der Waals surface area contributed by atoms with E-state index in [0.717, 1.165) is 25.2 Å². The van der Waals surface area contributed by atoms with Crippen molar-refractivity contribution in [1.82, 2.24) is 4.72 Å². The molecule has 1 aromatic carbocycles. The van der Waals surface area contributed by atoms with Gasteiger partial charge in [0.05, 0.1) is 10.6 Å². The third-order valence-corrected chi connectivity index (χ3v) is 3.80. The molecule has 0 bridgehead atoms. The topological polar surface area (TPSA) is 81.4 Å². The first-order valence-corrected chi connectivity index (χ1v) is 6.79. The van der Waals surface area contributed by atoms with Crippen molar-refractivity contribution in [3.05, 3.63) is 18.2 Å². The fraction of sp³-hybridized carbons (Fsp3) is 0.400. The molecule has 0 aliphatic carbocycles. The molecule has 1 aromatic rings. The second-order valence-electron chi connectivity index (χ2n) is 3.90. The molecule has 0 saturated carbocycles. The molecule has 0 aliphatic rings. The van der Waals surface area contributed by atoms with E-state index in [4.69, 9.17) is 5.73 Å². The number of hydrogen-bond acceptors (Lipinski definition) is 4. The summed E-state index contributed by atoms with van der Waals surface area (Å²) in [7, 11) is -2.81. The van der Waals surface area contributed by atoms with Gasteiger partial charge in [-0.25, -0.2) is 13.1 Å². The molecule has 5 nitrogen and oxygen atoms in total. The maximum atomic E-state index is 12.7. The highest BCUT2D eigenvalue weighted by atomic mass is 32.2. The van der Waals surface area contributed by atoms with E-state index >= 15 is 0 Å². The number of nitrogens with two attached hydrogens (primary N) is 1. The highest BCUT2D eigenvalue weighted by molar-refractivity contribution is 7.89. The van der Waals surface area contributed by atoms with Crippen LogP contribution in [0.15, 0.2) is 23.1 Å². The van der Waals surface area contributed by atoms with Crippen LogP contribution in [-0.4, -0.2) is 34.2 Å². The maximum Gasteiger partial charge on any atom is 0.456 e. The summed E-state index contributed by atoms with van der Waals surface area (Å²) in [5.74, 6) is -5.67. The van der Waals surface area contributed by atoms with E-state index < -0.39 is 34.5 Å². The van der Waals surface area contributed by atoms with Crippen molar-refractivity contribution in [3.63, 3.8) is 0 Å². The molecule has 11 heteroatoms. The summed E-state index contributed by atoms with van der Waals surface area (Å²) in [4.78, 5) is -0.385. The van der Waals surface area contributed by atoms with Crippen molar-refractivity contribution in [2.24, 2.45) is 0 Å². The molecule has 0 unspecified atom stereocenters. The van der Waals surface area contributed by atoms with Crippen LogP contribution < -0.4 is 15.2 Å². The van der Waals surface area contributed by atoms with Crippen LogP contribution in [0.1, 0.15) is 0 Å². The largest absolute Gasteiger partial charge is 0.485 e. The Bertz CT molecular complexity index is 616. The molecule has 3 N–H and O–H groups in total. The van der Waals surface area contributed by atoms with Gasteiger partial charge in [0.2, 0.25) is 10.0 Å². The number of alkyl halides is 5. The Morgan fingerprint density at radius 2 is 1.81 bits per heavy atom. The highest BCUT2D eigenvalue weighted by Crippen LogP contribution is 2.36. The van der Waals surface area contributed by atoms with Gasteiger partial charge < -0.3 is 10.5 Å². The van der Waals surface area contributed by atoms with Gasteiger partial charge in [-0.3, -0.25) is 0 Å². The predicted molar refractivity (Wildman–Crippen MR) is 63.6 cm³/mol. The second-order valence-corrected chi connectivity index (χ2v) is 5.78. The molecule has 0 aromatic heterocycles. The van der Waals surface area contributed by atoms with Gasteiger partial charge in [0.25, 0.3) is 0 Å². The van der Waals surface area contributed by atoms with Gasteiger partial charge in [0.1, 0.15) is 5.75 Å². The zero-order valence-electron chi connectivity index (χ0n) is 10.5. The average Bonchev–Trinajstić information content (AvgIpc) is 2.36. The van der Waals surface area contributed by atoms with Gasteiger partial charge in [-0.1, -0.05) is 0 Å². The molecule has 0 aliphatic heterocycles. The average molecular weight is 334 g/mol. The van der Waals surface area contributed by atoms with Gasteiger partial charge in [0, 0.05) is 6.07 Å². The summed E-state index contributed by atoms with van der Waals surface area (Å²) in [6, 6.07) is 2.83. The molecule has 0 atom stereocenters. The van der Waals surface area contributed by atoms with Crippen molar-refractivity contribution < 1.29 is 35.1 Å².